The quantitative estimate of drug-likeness (QED) is 0.284. The van der Waals surface area contributed by atoms with E-state index in [1.165, 1.54) is 16.7 Å². The monoisotopic (exact) mass is 532 g/mol. The van der Waals surface area contributed by atoms with Crippen LogP contribution >= 0.6 is 39.9 Å². The topological polar surface area (TPSA) is 75.7 Å². The third-order valence-corrected chi connectivity index (χ3v) is 6.36. The zero-order chi connectivity index (χ0) is 23.1. The Morgan fingerprint density at radius 1 is 1.22 bits per heavy atom. The second kappa shape index (κ2) is 11.4. The molecule has 0 aliphatic carbocycles. The van der Waals surface area contributed by atoms with Crippen molar-refractivity contribution in [2.75, 3.05) is 18.5 Å². The molecule has 0 unspecified atom stereocenters. The number of carbonyl (C=O) groups excluding carboxylic acids is 3. The maximum atomic E-state index is 12.7. The molecular weight excluding hydrogens is 512 g/mol. The lowest BCUT2D eigenvalue weighted by Gasteiger charge is -2.14. The number of hydrogen-bond donors (Lipinski definition) is 1. The third-order valence-electron chi connectivity index (χ3n) is 4.49. The molecule has 0 spiro atoms. The van der Waals surface area contributed by atoms with Crippen molar-refractivity contribution in [3.8, 4) is 0 Å². The first-order chi connectivity index (χ1) is 15.4. The number of nitrogens with one attached hydrogen (secondary N) is 1. The van der Waals surface area contributed by atoms with E-state index in [-0.39, 0.29) is 18.2 Å². The largest absolute Gasteiger partial charge is 0.462 e. The zero-order valence-corrected chi connectivity index (χ0v) is 20.5. The molecule has 6 nitrogen and oxygen atoms in total. The summed E-state index contributed by atoms with van der Waals surface area (Å²) in [5, 5.41) is 2.79. The molecule has 3 rings (SSSR count). The molecule has 1 saturated heterocycles. The summed E-state index contributed by atoms with van der Waals surface area (Å²) in [6.45, 7) is 2.42. The van der Waals surface area contributed by atoms with E-state index in [0.717, 1.165) is 10.0 Å². The first-order valence-corrected chi connectivity index (χ1v) is 12.0. The summed E-state index contributed by atoms with van der Waals surface area (Å²) in [6.07, 6.45) is 2.53. The second-order valence-corrected chi connectivity index (χ2v) is 9.43. The predicted octanol–water partition coefficient (Wildman–Crippen LogP) is 5.25. The highest BCUT2D eigenvalue weighted by Crippen LogP contribution is 2.33. The molecule has 0 saturated carbocycles. The van der Waals surface area contributed by atoms with E-state index in [2.05, 4.69) is 21.2 Å². The van der Waals surface area contributed by atoms with Crippen LogP contribution in [0.1, 0.15) is 35.7 Å². The number of benzene rings is 2. The van der Waals surface area contributed by atoms with Crippen molar-refractivity contribution >= 4 is 73.8 Å². The maximum absolute atomic E-state index is 12.7. The molecule has 32 heavy (non-hydrogen) atoms. The van der Waals surface area contributed by atoms with Crippen LogP contribution in [0.5, 0.6) is 0 Å². The number of anilines is 1. The second-order valence-electron chi connectivity index (χ2n) is 6.84. The minimum absolute atomic E-state index is 0.144. The molecular formula is C23H21BrN2O4S2. The average Bonchev–Trinajstić information content (AvgIpc) is 3.02. The fourth-order valence-corrected chi connectivity index (χ4v) is 4.69. The van der Waals surface area contributed by atoms with Gasteiger partial charge in [-0.05, 0) is 61.4 Å². The summed E-state index contributed by atoms with van der Waals surface area (Å²) in [5.41, 5.74) is 1.92. The molecule has 1 aliphatic heterocycles. The van der Waals surface area contributed by atoms with Gasteiger partial charge in [0.05, 0.1) is 17.1 Å². The van der Waals surface area contributed by atoms with Crippen LogP contribution in [-0.4, -0.2) is 40.2 Å². The fraction of sp³-hybridized carbons (Fsp3) is 0.217. The van der Waals surface area contributed by atoms with Crippen LogP contribution in [0.15, 0.2) is 57.9 Å². The van der Waals surface area contributed by atoms with Gasteiger partial charge >= 0.3 is 5.97 Å². The fourth-order valence-electron chi connectivity index (χ4n) is 2.97. The van der Waals surface area contributed by atoms with Crippen LogP contribution in [0.2, 0.25) is 0 Å². The summed E-state index contributed by atoms with van der Waals surface area (Å²) in [4.78, 5) is 38.7. The molecule has 9 heteroatoms. The average molecular weight is 533 g/mol. The number of ether oxygens (including phenoxy) is 1. The Morgan fingerprint density at radius 3 is 2.66 bits per heavy atom. The van der Waals surface area contributed by atoms with Gasteiger partial charge in [-0.2, -0.15) is 0 Å². The minimum Gasteiger partial charge on any atom is -0.462 e. The van der Waals surface area contributed by atoms with Crippen molar-refractivity contribution in [2.45, 2.75) is 19.8 Å². The molecule has 2 amide bonds. The SMILES string of the molecule is CCOC(=O)c1ccc(NC(=O)CCCN2C(=O)/C(=C/c3cccc(Br)c3)SC2=S)cc1. The van der Waals surface area contributed by atoms with Gasteiger partial charge in [0.25, 0.3) is 5.91 Å². The van der Waals surface area contributed by atoms with Crippen molar-refractivity contribution in [3.63, 3.8) is 0 Å². The Labute approximate surface area is 204 Å². The summed E-state index contributed by atoms with van der Waals surface area (Å²) in [5.74, 6) is -0.721. The number of thiocarbonyl (C=S) groups is 1. The number of hydrogen-bond acceptors (Lipinski definition) is 6. The van der Waals surface area contributed by atoms with Crippen LogP contribution in [0.3, 0.4) is 0 Å². The Morgan fingerprint density at radius 2 is 1.97 bits per heavy atom. The third kappa shape index (κ3) is 6.51. The van der Waals surface area contributed by atoms with Crippen molar-refractivity contribution in [3.05, 3.63) is 69.0 Å². The number of rotatable bonds is 8. The number of halogens is 1. The lowest BCUT2D eigenvalue weighted by Crippen LogP contribution is -2.29. The highest BCUT2D eigenvalue weighted by molar-refractivity contribution is 9.10. The van der Waals surface area contributed by atoms with Crippen molar-refractivity contribution in [2.24, 2.45) is 0 Å². The van der Waals surface area contributed by atoms with E-state index in [1.807, 2.05) is 30.3 Å². The van der Waals surface area contributed by atoms with E-state index in [1.54, 1.807) is 31.2 Å². The minimum atomic E-state index is -0.400. The van der Waals surface area contributed by atoms with Crippen LogP contribution in [0.25, 0.3) is 6.08 Å². The normalized spacial score (nSPS) is 14.7. The van der Waals surface area contributed by atoms with Gasteiger partial charge < -0.3 is 10.1 Å². The maximum Gasteiger partial charge on any atom is 0.338 e. The van der Waals surface area contributed by atoms with Gasteiger partial charge in [0.2, 0.25) is 5.91 Å². The van der Waals surface area contributed by atoms with Gasteiger partial charge in [-0.1, -0.05) is 52.0 Å². The number of amides is 2. The van der Waals surface area contributed by atoms with Crippen LogP contribution in [0.4, 0.5) is 5.69 Å². The van der Waals surface area contributed by atoms with Crippen molar-refractivity contribution < 1.29 is 19.1 Å². The van der Waals surface area contributed by atoms with E-state index in [9.17, 15) is 14.4 Å². The molecule has 0 radical (unpaired) electrons. The number of carbonyl (C=O) groups is 3. The molecule has 1 heterocycles. The molecule has 0 bridgehead atoms. The highest BCUT2D eigenvalue weighted by Gasteiger charge is 2.31. The van der Waals surface area contributed by atoms with Crippen LogP contribution in [-0.2, 0) is 14.3 Å². The van der Waals surface area contributed by atoms with Crippen LogP contribution < -0.4 is 5.32 Å². The Kier molecular flexibility index (Phi) is 8.60. The Bertz CT molecular complexity index is 1070. The molecule has 166 valence electrons. The number of esters is 1. The molecule has 1 fully saturated rings. The summed E-state index contributed by atoms with van der Waals surface area (Å²) in [7, 11) is 0. The predicted molar refractivity (Wildman–Crippen MR) is 134 cm³/mol. The number of nitrogens with zero attached hydrogens (tertiary/aromatic N) is 1. The van der Waals surface area contributed by atoms with Gasteiger partial charge in [-0.3, -0.25) is 14.5 Å². The van der Waals surface area contributed by atoms with Gasteiger partial charge in [-0.15, -0.1) is 0 Å². The first kappa shape index (κ1) is 24.2. The molecule has 1 N–H and O–H groups in total. The van der Waals surface area contributed by atoms with E-state index >= 15 is 0 Å². The summed E-state index contributed by atoms with van der Waals surface area (Å²) >= 11 is 10.0. The van der Waals surface area contributed by atoms with Crippen molar-refractivity contribution in [1.29, 1.82) is 0 Å². The lowest BCUT2D eigenvalue weighted by molar-refractivity contribution is -0.122. The molecule has 0 aromatic heterocycles. The van der Waals surface area contributed by atoms with Crippen LogP contribution in [0, 0.1) is 0 Å². The van der Waals surface area contributed by atoms with Gasteiger partial charge in [0, 0.05) is 23.1 Å². The van der Waals surface area contributed by atoms with Crippen molar-refractivity contribution in [1.82, 2.24) is 4.90 Å². The van der Waals surface area contributed by atoms with E-state index in [0.29, 0.717) is 40.0 Å². The van der Waals surface area contributed by atoms with E-state index < -0.39 is 5.97 Å². The molecule has 0 atom stereocenters. The Balaban J connectivity index is 1.49. The molecule has 2 aromatic rings. The molecule has 1 aliphatic rings. The summed E-state index contributed by atoms with van der Waals surface area (Å²) in [6, 6.07) is 14.2. The first-order valence-electron chi connectivity index (χ1n) is 9.95. The lowest BCUT2D eigenvalue weighted by atomic mass is 10.2. The number of thioether (sulfide) groups is 1. The van der Waals surface area contributed by atoms with Gasteiger partial charge in [0.1, 0.15) is 4.32 Å². The standard InChI is InChI=1S/C23H21BrN2O4S2/c1-2-30-22(29)16-8-10-18(11-9-16)25-20(27)7-4-12-26-21(28)19(32-23(26)31)14-15-5-3-6-17(24)13-15/h3,5-6,8-11,13-14H,2,4,7,12H2,1H3,(H,25,27)/b19-14-. The molecule has 2 aromatic carbocycles. The van der Waals surface area contributed by atoms with Gasteiger partial charge in [-0.25, -0.2) is 4.79 Å². The zero-order valence-electron chi connectivity index (χ0n) is 17.3. The Hall–Kier alpha value is -2.49. The summed E-state index contributed by atoms with van der Waals surface area (Å²) < 4.78 is 6.36. The van der Waals surface area contributed by atoms with E-state index in [4.69, 9.17) is 17.0 Å². The van der Waals surface area contributed by atoms with Gasteiger partial charge in [0.15, 0.2) is 0 Å². The smallest absolute Gasteiger partial charge is 0.338 e. The highest BCUT2D eigenvalue weighted by atomic mass is 79.9.